The predicted octanol–water partition coefficient (Wildman–Crippen LogP) is 2.12. The zero-order chi connectivity index (χ0) is 21.3. The van der Waals surface area contributed by atoms with Crippen LogP contribution >= 0.6 is 0 Å². The van der Waals surface area contributed by atoms with Gasteiger partial charge in [0.2, 0.25) is 5.91 Å². The molecule has 0 aliphatic rings. The minimum absolute atomic E-state index is 0.0593. The number of hydrogen-bond acceptors (Lipinski definition) is 6. The van der Waals surface area contributed by atoms with Crippen LogP contribution < -0.4 is 5.32 Å². The molecule has 0 unspecified atom stereocenters. The lowest BCUT2D eigenvalue weighted by Gasteiger charge is -2.29. The molecule has 0 saturated carbocycles. The van der Waals surface area contributed by atoms with Crippen molar-refractivity contribution in [1.29, 1.82) is 0 Å². The highest BCUT2D eigenvalue weighted by Gasteiger charge is 2.30. The smallest absolute Gasteiger partial charge is 0.410 e. The molecule has 1 N–H and O–H groups in total. The van der Waals surface area contributed by atoms with Crippen LogP contribution in [0.5, 0.6) is 0 Å². The van der Waals surface area contributed by atoms with E-state index in [-0.39, 0.29) is 13.2 Å². The fraction of sp³-hybridized carbons (Fsp3) is 0.550. The number of methoxy groups -OCH3 is 1. The summed E-state index contributed by atoms with van der Waals surface area (Å²) in [6, 6.07) is 7.60. The molecule has 0 aromatic heterocycles. The van der Waals surface area contributed by atoms with Crippen LogP contribution in [-0.4, -0.2) is 61.3 Å². The van der Waals surface area contributed by atoms with Gasteiger partial charge in [-0.3, -0.25) is 9.69 Å². The first-order valence-electron chi connectivity index (χ1n) is 9.01. The number of likely N-dealkylation sites (N-methyl/N-ethyl adjacent to an activating group) is 1. The number of hydrogen-bond donors (Lipinski definition) is 1. The van der Waals surface area contributed by atoms with E-state index in [4.69, 9.17) is 14.2 Å². The third-order valence-electron chi connectivity index (χ3n) is 3.84. The Morgan fingerprint density at radius 2 is 1.75 bits per heavy atom. The molecule has 0 heterocycles. The van der Waals surface area contributed by atoms with Crippen molar-refractivity contribution in [1.82, 2.24) is 10.2 Å². The Hall–Kier alpha value is -2.61. The SMILES string of the molecule is COC(=O)[C@@H](COCc1ccccc1)NC(=O)[C@@H](C)N(C)C(=O)OC(C)(C)C. The van der Waals surface area contributed by atoms with Crippen molar-refractivity contribution in [2.75, 3.05) is 20.8 Å². The standard InChI is InChI=1S/C20H30N2O6/c1-14(22(5)19(25)28-20(2,3)4)17(23)21-16(18(24)26-6)13-27-12-15-10-8-7-9-11-15/h7-11,14,16H,12-13H2,1-6H3,(H,21,23)/t14-,16-/m1/s1. The molecule has 0 fully saturated rings. The summed E-state index contributed by atoms with van der Waals surface area (Å²) in [5, 5.41) is 2.56. The van der Waals surface area contributed by atoms with E-state index in [1.807, 2.05) is 30.3 Å². The normalized spacial score (nSPS) is 13.2. The van der Waals surface area contributed by atoms with Crippen molar-refractivity contribution >= 4 is 18.0 Å². The first-order chi connectivity index (χ1) is 13.0. The number of benzene rings is 1. The zero-order valence-corrected chi connectivity index (χ0v) is 17.4. The fourth-order valence-electron chi connectivity index (χ4n) is 2.14. The molecule has 28 heavy (non-hydrogen) atoms. The Balaban J connectivity index is 2.65. The molecule has 2 atom stereocenters. The summed E-state index contributed by atoms with van der Waals surface area (Å²) >= 11 is 0. The van der Waals surface area contributed by atoms with E-state index in [1.165, 1.54) is 19.1 Å². The Kier molecular flexibility index (Phi) is 8.91. The second-order valence-electron chi connectivity index (χ2n) is 7.35. The molecule has 1 rings (SSSR count). The van der Waals surface area contributed by atoms with Crippen molar-refractivity contribution < 1.29 is 28.6 Å². The third-order valence-corrected chi connectivity index (χ3v) is 3.84. The van der Waals surface area contributed by atoms with Gasteiger partial charge in [-0.05, 0) is 33.3 Å². The summed E-state index contributed by atoms with van der Waals surface area (Å²) in [5.41, 5.74) is 0.261. The van der Waals surface area contributed by atoms with Gasteiger partial charge in [0.05, 0.1) is 20.3 Å². The summed E-state index contributed by atoms with van der Waals surface area (Å²) in [7, 11) is 2.69. The van der Waals surface area contributed by atoms with Gasteiger partial charge < -0.3 is 19.5 Å². The van der Waals surface area contributed by atoms with Gasteiger partial charge in [-0.2, -0.15) is 0 Å². The second-order valence-corrected chi connectivity index (χ2v) is 7.35. The lowest BCUT2D eigenvalue weighted by molar-refractivity contribution is -0.147. The van der Waals surface area contributed by atoms with Gasteiger partial charge in [-0.1, -0.05) is 30.3 Å². The van der Waals surface area contributed by atoms with Crippen LogP contribution in [0.1, 0.15) is 33.3 Å². The largest absolute Gasteiger partial charge is 0.467 e. The van der Waals surface area contributed by atoms with E-state index in [9.17, 15) is 14.4 Å². The maximum Gasteiger partial charge on any atom is 0.410 e. The van der Waals surface area contributed by atoms with E-state index in [0.29, 0.717) is 0 Å². The Labute approximate surface area is 166 Å². The Morgan fingerprint density at radius 3 is 2.29 bits per heavy atom. The lowest BCUT2D eigenvalue weighted by atomic mass is 10.2. The van der Waals surface area contributed by atoms with Gasteiger partial charge in [0.15, 0.2) is 6.04 Å². The number of nitrogens with one attached hydrogen (secondary N) is 1. The molecule has 0 radical (unpaired) electrons. The Morgan fingerprint density at radius 1 is 1.14 bits per heavy atom. The summed E-state index contributed by atoms with van der Waals surface area (Å²) in [6.45, 7) is 6.98. The highest BCUT2D eigenvalue weighted by molar-refractivity contribution is 5.89. The fourth-order valence-corrected chi connectivity index (χ4v) is 2.14. The highest BCUT2D eigenvalue weighted by atomic mass is 16.6. The average Bonchev–Trinajstić information content (AvgIpc) is 2.64. The van der Waals surface area contributed by atoms with Crippen molar-refractivity contribution in [3.8, 4) is 0 Å². The average molecular weight is 394 g/mol. The number of esters is 1. The monoisotopic (exact) mass is 394 g/mol. The van der Waals surface area contributed by atoms with Crippen LogP contribution in [0, 0.1) is 0 Å². The highest BCUT2D eigenvalue weighted by Crippen LogP contribution is 2.11. The maximum absolute atomic E-state index is 12.5. The molecule has 0 saturated heterocycles. The topological polar surface area (TPSA) is 94.2 Å². The van der Waals surface area contributed by atoms with Crippen molar-refractivity contribution in [3.05, 3.63) is 35.9 Å². The van der Waals surface area contributed by atoms with Gasteiger partial charge in [-0.25, -0.2) is 9.59 Å². The second kappa shape index (κ2) is 10.7. The van der Waals surface area contributed by atoms with Gasteiger partial charge in [0.1, 0.15) is 11.6 Å². The molecular formula is C20H30N2O6. The number of carbonyl (C=O) groups is 3. The number of nitrogens with zero attached hydrogens (tertiary/aromatic N) is 1. The number of amides is 2. The molecule has 0 spiro atoms. The van der Waals surface area contributed by atoms with Crippen molar-refractivity contribution in [3.63, 3.8) is 0 Å². The molecular weight excluding hydrogens is 364 g/mol. The lowest BCUT2D eigenvalue weighted by Crippen LogP contribution is -2.53. The third kappa shape index (κ3) is 7.96. The molecule has 8 heteroatoms. The molecule has 0 aliphatic carbocycles. The first-order valence-corrected chi connectivity index (χ1v) is 9.01. The predicted molar refractivity (Wildman–Crippen MR) is 104 cm³/mol. The van der Waals surface area contributed by atoms with Crippen LogP contribution in [-0.2, 0) is 30.4 Å². The number of rotatable bonds is 8. The summed E-state index contributed by atoms with van der Waals surface area (Å²) < 4.78 is 15.5. The number of carbonyl (C=O) groups excluding carboxylic acids is 3. The summed E-state index contributed by atoms with van der Waals surface area (Å²) in [4.78, 5) is 37.8. The molecule has 8 nitrogen and oxygen atoms in total. The minimum Gasteiger partial charge on any atom is -0.467 e. The molecule has 0 aliphatic heterocycles. The van der Waals surface area contributed by atoms with Gasteiger partial charge in [-0.15, -0.1) is 0 Å². The molecule has 156 valence electrons. The molecule has 0 bridgehead atoms. The van der Waals surface area contributed by atoms with Crippen LogP contribution in [0.4, 0.5) is 4.79 Å². The van der Waals surface area contributed by atoms with Gasteiger partial charge in [0.25, 0.3) is 0 Å². The summed E-state index contributed by atoms with van der Waals surface area (Å²) in [6.07, 6.45) is -0.634. The van der Waals surface area contributed by atoms with Crippen LogP contribution in [0.2, 0.25) is 0 Å². The Bertz CT molecular complexity index is 656. The van der Waals surface area contributed by atoms with Crippen LogP contribution in [0.25, 0.3) is 0 Å². The molecule has 1 aromatic carbocycles. The van der Waals surface area contributed by atoms with Crippen molar-refractivity contribution in [2.24, 2.45) is 0 Å². The summed E-state index contributed by atoms with van der Waals surface area (Å²) in [5.74, 6) is -1.15. The van der Waals surface area contributed by atoms with Crippen LogP contribution in [0.3, 0.4) is 0 Å². The maximum atomic E-state index is 12.5. The minimum atomic E-state index is -0.990. The van der Waals surface area contributed by atoms with E-state index >= 15 is 0 Å². The molecule has 1 aromatic rings. The van der Waals surface area contributed by atoms with E-state index < -0.39 is 35.7 Å². The van der Waals surface area contributed by atoms with Crippen LogP contribution in [0.15, 0.2) is 30.3 Å². The molecule has 2 amide bonds. The first kappa shape index (κ1) is 23.4. The van der Waals surface area contributed by atoms with Gasteiger partial charge >= 0.3 is 12.1 Å². The number of ether oxygens (including phenoxy) is 3. The van der Waals surface area contributed by atoms with E-state index in [0.717, 1.165) is 5.56 Å². The quantitative estimate of drug-likeness (QED) is 0.679. The van der Waals surface area contributed by atoms with E-state index in [2.05, 4.69) is 5.32 Å². The van der Waals surface area contributed by atoms with E-state index in [1.54, 1.807) is 27.7 Å². The van der Waals surface area contributed by atoms with Gasteiger partial charge in [0, 0.05) is 7.05 Å². The van der Waals surface area contributed by atoms with Crippen molar-refractivity contribution in [2.45, 2.75) is 52.0 Å². The zero-order valence-electron chi connectivity index (χ0n) is 17.4.